The molecule has 0 aliphatic rings. The number of phosphoric acid groups is 1. The molecule has 3 atom stereocenters. The first kappa shape index (κ1) is 60.5. The van der Waals surface area contributed by atoms with E-state index >= 15 is 0 Å². The van der Waals surface area contributed by atoms with Gasteiger partial charge in [-0.2, -0.15) is 0 Å². The second-order valence-corrected chi connectivity index (χ2v) is 21.4. The maximum absolute atomic E-state index is 13.0. The molecule has 0 aromatic carbocycles. The van der Waals surface area contributed by atoms with Gasteiger partial charge in [0, 0.05) is 6.42 Å². The highest BCUT2D eigenvalue weighted by atomic mass is 31.2. The number of hydrogen-bond donors (Lipinski definition) is 3. The van der Waals surface area contributed by atoms with Gasteiger partial charge in [-0.05, 0) is 12.8 Å². The second kappa shape index (κ2) is 44.7. The molecule has 0 heterocycles. The van der Waals surface area contributed by atoms with Crippen LogP contribution in [0.4, 0.5) is 0 Å². The van der Waals surface area contributed by atoms with Crippen LogP contribution in [0, 0.1) is 0 Å². The first-order valence-electron chi connectivity index (χ1n) is 26.9. The first-order valence-corrected chi connectivity index (χ1v) is 28.4. The Hall–Kier alpha value is -0.500. The predicted molar refractivity (Wildman–Crippen MR) is 263 cm³/mol. The molecule has 0 saturated carbocycles. The summed E-state index contributed by atoms with van der Waals surface area (Å²) in [6, 6.07) is -0.754. The van der Waals surface area contributed by atoms with Crippen LogP contribution in [0.25, 0.3) is 0 Å². The summed E-state index contributed by atoms with van der Waals surface area (Å²) >= 11 is 0. The van der Waals surface area contributed by atoms with Gasteiger partial charge in [0.15, 0.2) is 0 Å². The Labute approximate surface area is 380 Å². The zero-order valence-corrected chi connectivity index (χ0v) is 42.6. The highest BCUT2D eigenvalue weighted by Gasteiger charge is 2.28. The van der Waals surface area contributed by atoms with Crippen molar-refractivity contribution in [2.75, 3.05) is 40.9 Å². The smallest absolute Gasteiger partial charge is 0.391 e. The van der Waals surface area contributed by atoms with Gasteiger partial charge in [-0.15, -0.1) is 0 Å². The van der Waals surface area contributed by atoms with Crippen molar-refractivity contribution < 1.29 is 32.9 Å². The molecule has 8 nitrogen and oxygen atoms in total. The molecule has 0 aliphatic heterocycles. The SMILES string of the molecule is CCCCCCCCCCCCCCCCCCCCCCC(=O)NC(COP(=O)(O)OCC[N+](C)(C)C)C(O)CCCCCCCCCCCCCCCCCCCCC. The fraction of sp³-hybridized carbons (Fsp3) is 0.981. The van der Waals surface area contributed by atoms with E-state index in [9.17, 15) is 19.4 Å². The standard InChI is InChI=1S/C52H107N2O6P/c1-6-8-10-12-14-16-18-20-22-24-26-28-30-32-34-36-38-40-42-44-46-52(56)53-50(49-60-61(57,58)59-48-47-54(3,4)5)51(55)45-43-41-39-37-35-33-31-29-27-25-23-21-19-17-15-13-11-9-7-2/h50-51,55H,6-49H2,1-5H3,(H-,53,56,57,58)/p+1. The minimum absolute atomic E-state index is 0.0790. The zero-order chi connectivity index (χ0) is 45.0. The van der Waals surface area contributed by atoms with Gasteiger partial charge < -0.3 is 19.8 Å². The minimum Gasteiger partial charge on any atom is -0.391 e. The highest BCUT2D eigenvalue weighted by Crippen LogP contribution is 2.43. The molecular weight excluding hydrogens is 780 g/mol. The number of hydrogen-bond acceptors (Lipinski definition) is 5. The number of phosphoric ester groups is 1. The minimum atomic E-state index is -4.31. The third-order valence-electron chi connectivity index (χ3n) is 12.6. The van der Waals surface area contributed by atoms with Gasteiger partial charge in [-0.25, -0.2) is 4.57 Å². The Balaban J connectivity index is 4.19. The Morgan fingerprint density at radius 2 is 0.787 bits per heavy atom. The van der Waals surface area contributed by atoms with E-state index in [-0.39, 0.29) is 19.1 Å². The van der Waals surface area contributed by atoms with E-state index in [1.807, 2.05) is 21.1 Å². The fourth-order valence-corrected chi connectivity index (χ4v) is 9.08. The van der Waals surface area contributed by atoms with Crippen molar-refractivity contribution in [2.45, 2.75) is 289 Å². The lowest BCUT2D eigenvalue weighted by Gasteiger charge is -2.26. The van der Waals surface area contributed by atoms with E-state index in [1.54, 1.807) is 0 Å². The second-order valence-electron chi connectivity index (χ2n) is 20.0. The summed E-state index contributed by atoms with van der Waals surface area (Å²) in [5.74, 6) is -0.137. The van der Waals surface area contributed by atoms with E-state index < -0.39 is 20.0 Å². The average Bonchev–Trinajstić information content (AvgIpc) is 3.21. The van der Waals surface area contributed by atoms with E-state index in [1.165, 1.54) is 212 Å². The lowest BCUT2D eigenvalue weighted by atomic mass is 10.0. The van der Waals surface area contributed by atoms with E-state index in [4.69, 9.17) is 9.05 Å². The lowest BCUT2D eigenvalue weighted by molar-refractivity contribution is -0.870. The number of rotatable bonds is 50. The summed E-state index contributed by atoms with van der Waals surface area (Å²) in [6.45, 7) is 4.94. The summed E-state index contributed by atoms with van der Waals surface area (Å²) < 4.78 is 23.7. The van der Waals surface area contributed by atoms with Crippen LogP contribution in [0.1, 0.15) is 277 Å². The topological polar surface area (TPSA) is 105 Å². The van der Waals surface area contributed by atoms with Crippen molar-refractivity contribution in [1.29, 1.82) is 0 Å². The fourth-order valence-electron chi connectivity index (χ4n) is 8.34. The quantitative estimate of drug-likeness (QED) is 0.0319. The molecule has 1 amide bonds. The normalized spacial score (nSPS) is 14.0. The summed E-state index contributed by atoms with van der Waals surface area (Å²) in [5, 5.41) is 14.0. The Morgan fingerprint density at radius 3 is 1.10 bits per heavy atom. The third-order valence-corrected chi connectivity index (χ3v) is 13.6. The molecule has 0 saturated heterocycles. The summed E-state index contributed by atoms with van der Waals surface area (Å²) in [5.41, 5.74) is 0. The number of nitrogens with one attached hydrogen (secondary N) is 1. The van der Waals surface area contributed by atoms with Crippen LogP contribution in [0.2, 0.25) is 0 Å². The van der Waals surface area contributed by atoms with Crippen LogP contribution in [-0.4, -0.2) is 73.4 Å². The van der Waals surface area contributed by atoms with Crippen LogP contribution in [0.15, 0.2) is 0 Å². The van der Waals surface area contributed by atoms with Crippen molar-refractivity contribution in [3.63, 3.8) is 0 Å². The Morgan fingerprint density at radius 1 is 0.492 bits per heavy atom. The number of likely N-dealkylation sites (N-methyl/N-ethyl adjacent to an activating group) is 1. The molecule has 3 unspecified atom stereocenters. The summed E-state index contributed by atoms with van der Waals surface area (Å²) in [6.07, 6.45) is 51.4. The Bertz CT molecular complexity index is 963. The number of carbonyl (C=O) groups excluding carboxylic acids is 1. The molecular formula is C52H108N2O6P+. The first-order chi connectivity index (χ1) is 29.5. The van der Waals surface area contributed by atoms with Crippen LogP contribution < -0.4 is 5.32 Å². The molecule has 61 heavy (non-hydrogen) atoms. The lowest BCUT2D eigenvalue weighted by Crippen LogP contribution is -2.46. The maximum atomic E-state index is 13.0. The monoisotopic (exact) mass is 888 g/mol. The maximum Gasteiger partial charge on any atom is 0.472 e. The number of carbonyl (C=O) groups is 1. The van der Waals surface area contributed by atoms with Crippen molar-refractivity contribution in [2.24, 2.45) is 0 Å². The van der Waals surface area contributed by atoms with Crippen molar-refractivity contribution in [1.82, 2.24) is 5.32 Å². The molecule has 0 aliphatic carbocycles. The molecule has 9 heteroatoms. The number of amides is 1. The van der Waals surface area contributed by atoms with Crippen LogP contribution in [0.5, 0.6) is 0 Å². The van der Waals surface area contributed by atoms with Gasteiger partial charge in [0.25, 0.3) is 0 Å². The molecule has 0 fully saturated rings. The predicted octanol–water partition coefficient (Wildman–Crippen LogP) is 15.7. The zero-order valence-electron chi connectivity index (χ0n) is 41.7. The van der Waals surface area contributed by atoms with Gasteiger partial charge >= 0.3 is 7.82 Å². The van der Waals surface area contributed by atoms with Crippen LogP contribution in [0.3, 0.4) is 0 Å². The molecule has 3 N–H and O–H groups in total. The number of aliphatic hydroxyl groups is 1. The molecule has 0 radical (unpaired) electrons. The van der Waals surface area contributed by atoms with Gasteiger partial charge in [-0.3, -0.25) is 13.8 Å². The van der Waals surface area contributed by atoms with Crippen LogP contribution in [-0.2, 0) is 18.4 Å². The number of quaternary nitrogens is 1. The van der Waals surface area contributed by atoms with Crippen molar-refractivity contribution in [3.05, 3.63) is 0 Å². The summed E-state index contributed by atoms with van der Waals surface area (Å²) in [4.78, 5) is 23.3. The molecule has 366 valence electrons. The van der Waals surface area contributed by atoms with Crippen molar-refractivity contribution in [3.8, 4) is 0 Å². The highest BCUT2D eigenvalue weighted by molar-refractivity contribution is 7.47. The number of unbranched alkanes of at least 4 members (excludes halogenated alkanes) is 37. The molecule has 0 aromatic rings. The van der Waals surface area contributed by atoms with Gasteiger partial charge in [0.2, 0.25) is 5.91 Å². The molecule has 0 aromatic heterocycles. The van der Waals surface area contributed by atoms with Gasteiger partial charge in [-0.1, -0.05) is 258 Å². The Kier molecular flexibility index (Phi) is 44.3. The molecule has 0 spiro atoms. The van der Waals surface area contributed by atoms with Gasteiger partial charge in [0.1, 0.15) is 13.2 Å². The molecule has 0 rings (SSSR count). The number of nitrogens with zero attached hydrogens (tertiary/aromatic N) is 1. The van der Waals surface area contributed by atoms with E-state index in [2.05, 4.69) is 19.2 Å². The summed E-state index contributed by atoms with van der Waals surface area (Å²) in [7, 11) is 1.63. The number of aliphatic hydroxyl groups excluding tert-OH is 1. The average molecular weight is 888 g/mol. The van der Waals surface area contributed by atoms with Crippen molar-refractivity contribution >= 4 is 13.7 Å². The third kappa shape index (κ3) is 47.3. The molecule has 0 bridgehead atoms. The van der Waals surface area contributed by atoms with Crippen LogP contribution >= 0.6 is 7.82 Å². The van der Waals surface area contributed by atoms with E-state index in [0.29, 0.717) is 23.9 Å². The van der Waals surface area contributed by atoms with E-state index in [0.717, 1.165) is 38.5 Å². The van der Waals surface area contributed by atoms with Gasteiger partial charge in [0.05, 0.1) is 39.9 Å². The largest absolute Gasteiger partial charge is 0.472 e.